The van der Waals surface area contributed by atoms with Crippen LogP contribution in [0.1, 0.15) is 67.6 Å². The molecule has 0 spiro atoms. The van der Waals surface area contributed by atoms with E-state index in [-0.39, 0.29) is 11.1 Å². The van der Waals surface area contributed by atoms with E-state index in [2.05, 4.69) is 13.8 Å². The standard InChI is InChI=1S/C16H25NO3/c1-4-6-8-9-13-11-14(16(19)20)15(18)17(12(13)3)10-7-5-2/h11H,4-10H2,1-3H3,(H,19,20). The van der Waals surface area contributed by atoms with Crippen LogP contribution in [0.5, 0.6) is 0 Å². The fourth-order valence-corrected chi connectivity index (χ4v) is 2.37. The number of aryl methyl sites for hydroxylation is 1. The van der Waals surface area contributed by atoms with Gasteiger partial charge in [0.1, 0.15) is 5.56 Å². The number of carbonyl (C=O) groups is 1. The molecule has 0 aromatic carbocycles. The highest BCUT2D eigenvalue weighted by molar-refractivity contribution is 5.87. The van der Waals surface area contributed by atoms with E-state index in [9.17, 15) is 14.7 Å². The Morgan fingerprint density at radius 1 is 1.20 bits per heavy atom. The van der Waals surface area contributed by atoms with Crippen LogP contribution in [0, 0.1) is 6.92 Å². The molecule has 1 heterocycles. The van der Waals surface area contributed by atoms with Crippen LogP contribution in [0.15, 0.2) is 10.9 Å². The van der Waals surface area contributed by atoms with Gasteiger partial charge >= 0.3 is 5.97 Å². The fourth-order valence-electron chi connectivity index (χ4n) is 2.37. The van der Waals surface area contributed by atoms with Gasteiger partial charge in [-0.25, -0.2) is 4.79 Å². The highest BCUT2D eigenvalue weighted by atomic mass is 16.4. The van der Waals surface area contributed by atoms with E-state index in [0.29, 0.717) is 6.54 Å². The molecule has 0 fully saturated rings. The Balaban J connectivity index is 3.19. The van der Waals surface area contributed by atoms with Crippen molar-refractivity contribution < 1.29 is 9.90 Å². The molecule has 0 unspecified atom stereocenters. The Kier molecular flexibility index (Phi) is 6.49. The van der Waals surface area contributed by atoms with Crippen molar-refractivity contribution in [3.8, 4) is 0 Å². The summed E-state index contributed by atoms with van der Waals surface area (Å²) in [4.78, 5) is 23.4. The van der Waals surface area contributed by atoms with E-state index < -0.39 is 5.97 Å². The van der Waals surface area contributed by atoms with E-state index in [1.807, 2.05) is 6.92 Å². The first-order valence-electron chi connectivity index (χ1n) is 7.49. The average Bonchev–Trinajstić information content (AvgIpc) is 2.41. The number of aromatic nitrogens is 1. The van der Waals surface area contributed by atoms with Crippen molar-refractivity contribution in [2.24, 2.45) is 0 Å². The Morgan fingerprint density at radius 3 is 2.40 bits per heavy atom. The lowest BCUT2D eigenvalue weighted by atomic mass is 10.0. The smallest absolute Gasteiger partial charge is 0.341 e. The zero-order valence-corrected chi connectivity index (χ0v) is 12.7. The third-order valence-corrected chi connectivity index (χ3v) is 3.68. The molecule has 0 aliphatic heterocycles. The number of hydrogen-bond donors (Lipinski definition) is 1. The number of hydrogen-bond acceptors (Lipinski definition) is 2. The highest BCUT2D eigenvalue weighted by Crippen LogP contribution is 2.13. The van der Waals surface area contributed by atoms with Crippen LogP contribution >= 0.6 is 0 Å². The maximum atomic E-state index is 12.2. The van der Waals surface area contributed by atoms with Gasteiger partial charge in [-0.3, -0.25) is 4.79 Å². The SMILES string of the molecule is CCCCCc1cc(C(=O)O)c(=O)n(CCCC)c1C. The van der Waals surface area contributed by atoms with Crippen molar-refractivity contribution in [3.05, 3.63) is 33.2 Å². The Bertz CT molecular complexity index is 517. The zero-order valence-electron chi connectivity index (χ0n) is 12.7. The molecule has 0 amide bonds. The molecule has 0 atom stereocenters. The van der Waals surface area contributed by atoms with Gasteiger partial charge in [0.2, 0.25) is 0 Å². The molecule has 0 aliphatic carbocycles. The maximum Gasteiger partial charge on any atom is 0.341 e. The summed E-state index contributed by atoms with van der Waals surface area (Å²) in [5.74, 6) is -1.13. The minimum absolute atomic E-state index is 0.0989. The van der Waals surface area contributed by atoms with Gasteiger partial charge in [0.15, 0.2) is 0 Å². The topological polar surface area (TPSA) is 59.3 Å². The van der Waals surface area contributed by atoms with Crippen molar-refractivity contribution in [1.29, 1.82) is 0 Å². The Hall–Kier alpha value is -1.58. The number of carboxylic acids is 1. The van der Waals surface area contributed by atoms with Gasteiger partial charge in [-0.1, -0.05) is 33.1 Å². The normalized spacial score (nSPS) is 10.8. The first-order chi connectivity index (χ1) is 9.52. The molecular weight excluding hydrogens is 254 g/mol. The first kappa shape index (κ1) is 16.5. The number of unbranched alkanes of at least 4 members (excludes halogenated alkanes) is 3. The van der Waals surface area contributed by atoms with Gasteiger partial charge in [-0.05, 0) is 37.8 Å². The Labute approximate surface area is 120 Å². The zero-order chi connectivity index (χ0) is 15.1. The van der Waals surface area contributed by atoms with Crippen LogP contribution in [0.25, 0.3) is 0 Å². The lowest BCUT2D eigenvalue weighted by Gasteiger charge is -2.15. The number of carboxylic acid groups (broad SMARTS) is 1. The van der Waals surface area contributed by atoms with E-state index in [4.69, 9.17) is 0 Å². The number of aromatic carboxylic acids is 1. The lowest BCUT2D eigenvalue weighted by molar-refractivity contribution is 0.0694. The van der Waals surface area contributed by atoms with Crippen LogP contribution in [0.4, 0.5) is 0 Å². The van der Waals surface area contributed by atoms with Gasteiger partial charge < -0.3 is 9.67 Å². The third kappa shape index (κ3) is 3.95. The maximum absolute atomic E-state index is 12.2. The van der Waals surface area contributed by atoms with Crippen LogP contribution in [-0.4, -0.2) is 15.6 Å². The number of nitrogens with zero attached hydrogens (tertiary/aromatic N) is 1. The predicted molar refractivity (Wildman–Crippen MR) is 80.5 cm³/mol. The minimum Gasteiger partial charge on any atom is -0.477 e. The Morgan fingerprint density at radius 2 is 1.85 bits per heavy atom. The molecular formula is C16H25NO3. The molecule has 1 aromatic rings. The fraction of sp³-hybridized carbons (Fsp3) is 0.625. The summed E-state index contributed by atoms with van der Waals surface area (Å²) in [5.41, 5.74) is 1.44. The second-order valence-electron chi connectivity index (χ2n) is 5.24. The van der Waals surface area contributed by atoms with E-state index >= 15 is 0 Å². The van der Waals surface area contributed by atoms with E-state index in [1.165, 1.54) is 0 Å². The molecule has 0 saturated carbocycles. The quantitative estimate of drug-likeness (QED) is 0.742. The predicted octanol–water partition coefficient (Wildman–Crippen LogP) is 3.39. The molecule has 1 N–H and O–H groups in total. The molecule has 1 aromatic heterocycles. The van der Waals surface area contributed by atoms with Gasteiger partial charge in [0.05, 0.1) is 0 Å². The van der Waals surface area contributed by atoms with Gasteiger partial charge in [0, 0.05) is 12.2 Å². The van der Waals surface area contributed by atoms with E-state index in [0.717, 1.165) is 49.8 Å². The number of pyridine rings is 1. The van der Waals surface area contributed by atoms with Gasteiger partial charge in [0.25, 0.3) is 5.56 Å². The largest absolute Gasteiger partial charge is 0.477 e. The second kappa shape index (κ2) is 7.88. The van der Waals surface area contributed by atoms with Crippen LogP contribution < -0.4 is 5.56 Å². The van der Waals surface area contributed by atoms with Crippen molar-refractivity contribution in [2.75, 3.05) is 0 Å². The summed E-state index contributed by atoms with van der Waals surface area (Å²) in [5, 5.41) is 9.19. The lowest BCUT2D eigenvalue weighted by Crippen LogP contribution is -2.29. The summed E-state index contributed by atoms with van der Waals surface area (Å²) in [6, 6.07) is 1.57. The highest BCUT2D eigenvalue weighted by Gasteiger charge is 2.16. The summed E-state index contributed by atoms with van der Waals surface area (Å²) < 4.78 is 1.63. The second-order valence-corrected chi connectivity index (χ2v) is 5.24. The van der Waals surface area contributed by atoms with Gasteiger partial charge in [-0.2, -0.15) is 0 Å². The third-order valence-electron chi connectivity index (χ3n) is 3.68. The van der Waals surface area contributed by atoms with Crippen molar-refractivity contribution in [2.45, 2.75) is 65.8 Å². The first-order valence-corrected chi connectivity index (χ1v) is 7.49. The molecule has 0 saturated heterocycles. The molecule has 112 valence electrons. The average molecular weight is 279 g/mol. The van der Waals surface area contributed by atoms with Crippen LogP contribution in [-0.2, 0) is 13.0 Å². The molecule has 0 bridgehead atoms. The van der Waals surface area contributed by atoms with Gasteiger partial charge in [-0.15, -0.1) is 0 Å². The molecule has 20 heavy (non-hydrogen) atoms. The summed E-state index contributed by atoms with van der Waals surface area (Å²) in [6.45, 7) is 6.72. The van der Waals surface area contributed by atoms with Crippen molar-refractivity contribution in [1.82, 2.24) is 4.57 Å². The molecule has 4 nitrogen and oxygen atoms in total. The van der Waals surface area contributed by atoms with Crippen LogP contribution in [0.2, 0.25) is 0 Å². The molecule has 0 aliphatic rings. The van der Waals surface area contributed by atoms with Crippen molar-refractivity contribution in [3.63, 3.8) is 0 Å². The molecule has 4 heteroatoms. The molecule has 0 radical (unpaired) electrons. The summed E-state index contributed by atoms with van der Waals surface area (Å²) >= 11 is 0. The molecule has 1 rings (SSSR count). The monoisotopic (exact) mass is 279 g/mol. The van der Waals surface area contributed by atoms with Crippen molar-refractivity contribution >= 4 is 5.97 Å². The van der Waals surface area contributed by atoms with Crippen LogP contribution in [0.3, 0.4) is 0 Å². The minimum atomic E-state index is -1.13. The summed E-state index contributed by atoms with van der Waals surface area (Å²) in [6.07, 6.45) is 5.98. The summed E-state index contributed by atoms with van der Waals surface area (Å²) in [7, 11) is 0. The van der Waals surface area contributed by atoms with E-state index in [1.54, 1.807) is 10.6 Å². The number of rotatable bonds is 8.